The number of anilines is 1. The van der Waals surface area contributed by atoms with Crippen molar-refractivity contribution in [2.45, 2.75) is 0 Å². The number of amides is 1. The summed E-state index contributed by atoms with van der Waals surface area (Å²) < 4.78 is 0.934. The lowest BCUT2D eigenvalue weighted by atomic mass is 10.1. The van der Waals surface area contributed by atoms with Gasteiger partial charge >= 0.3 is 0 Å². The zero-order valence-corrected chi connectivity index (χ0v) is 15.9. The number of halogens is 1. The third-order valence-electron chi connectivity index (χ3n) is 3.82. The normalized spacial score (nSPS) is 10.9. The number of nitro groups is 1. The van der Waals surface area contributed by atoms with Crippen molar-refractivity contribution in [1.29, 1.82) is 0 Å². The highest BCUT2D eigenvalue weighted by molar-refractivity contribution is 7.21. The molecule has 0 spiro atoms. The van der Waals surface area contributed by atoms with Crippen LogP contribution in [-0.4, -0.2) is 15.8 Å². The number of aromatic nitrogens is 1. The van der Waals surface area contributed by atoms with E-state index in [1.807, 2.05) is 24.3 Å². The van der Waals surface area contributed by atoms with Crippen LogP contribution in [0.2, 0.25) is 5.02 Å². The molecule has 2 aromatic carbocycles. The minimum atomic E-state index is -0.456. The molecule has 0 atom stereocenters. The van der Waals surface area contributed by atoms with Crippen LogP contribution in [-0.2, 0) is 0 Å². The number of benzene rings is 2. The molecule has 0 bridgehead atoms. The third-order valence-corrected chi connectivity index (χ3v) is 6.25. The molecule has 134 valence electrons. The van der Waals surface area contributed by atoms with Crippen LogP contribution in [0.3, 0.4) is 0 Å². The van der Waals surface area contributed by atoms with Crippen LogP contribution in [0.1, 0.15) is 9.67 Å². The van der Waals surface area contributed by atoms with Gasteiger partial charge < -0.3 is 0 Å². The second kappa shape index (κ2) is 7.07. The maximum Gasteiger partial charge on any atom is 0.270 e. The minimum Gasteiger partial charge on any atom is -0.297 e. The molecular formula is C18H10ClN3O3S2. The summed E-state index contributed by atoms with van der Waals surface area (Å²) in [6, 6.07) is 13.7. The van der Waals surface area contributed by atoms with Crippen LogP contribution in [0.15, 0.2) is 53.9 Å². The van der Waals surface area contributed by atoms with Crippen LogP contribution in [0.4, 0.5) is 10.8 Å². The highest BCUT2D eigenvalue weighted by Crippen LogP contribution is 2.36. The van der Waals surface area contributed by atoms with Crippen LogP contribution < -0.4 is 5.32 Å². The van der Waals surface area contributed by atoms with Gasteiger partial charge in [0.2, 0.25) is 0 Å². The number of fused-ring (bicyclic) bond motifs is 1. The molecule has 27 heavy (non-hydrogen) atoms. The van der Waals surface area contributed by atoms with Gasteiger partial charge in [-0.1, -0.05) is 41.9 Å². The van der Waals surface area contributed by atoms with E-state index in [1.54, 1.807) is 17.5 Å². The zero-order valence-electron chi connectivity index (χ0n) is 13.5. The Labute approximate surface area is 166 Å². The summed E-state index contributed by atoms with van der Waals surface area (Å²) in [6.45, 7) is 0. The van der Waals surface area contributed by atoms with Gasteiger partial charge in [0.05, 0.1) is 15.6 Å². The number of non-ortho nitro benzene ring substituents is 1. The molecule has 0 aliphatic carbocycles. The molecule has 4 aromatic rings. The largest absolute Gasteiger partial charge is 0.297 e. The number of nitrogens with zero attached hydrogens (tertiary/aromatic N) is 2. The maximum absolute atomic E-state index is 12.6. The van der Waals surface area contributed by atoms with E-state index in [0.29, 0.717) is 26.3 Å². The molecule has 0 fully saturated rings. The first-order chi connectivity index (χ1) is 13.0. The van der Waals surface area contributed by atoms with E-state index >= 15 is 0 Å². The smallest absolute Gasteiger partial charge is 0.270 e. The number of thiophene rings is 1. The first-order valence-corrected chi connectivity index (χ1v) is 9.79. The Morgan fingerprint density at radius 1 is 1.19 bits per heavy atom. The van der Waals surface area contributed by atoms with Crippen LogP contribution in [0, 0.1) is 10.1 Å². The van der Waals surface area contributed by atoms with Crippen molar-refractivity contribution in [3.05, 3.63) is 73.9 Å². The van der Waals surface area contributed by atoms with Crippen molar-refractivity contribution < 1.29 is 9.72 Å². The molecule has 1 N–H and O–H groups in total. The fourth-order valence-electron chi connectivity index (χ4n) is 2.56. The van der Waals surface area contributed by atoms with E-state index in [4.69, 9.17) is 11.6 Å². The number of hydrogen-bond acceptors (Lipinski definition) is 6. The molecule has 2 heterocycles. The molecule has 4 rings (SSSR count). The Hall–Kier alpha value is -2.81. The Kier molecular flexibility index (Phi) is 4.61. The summed E-state index contributed by atoms with van der Waals surface area (Å²) >= 11 is 8.90. The predicted molar refractivity (Wildman–Crippen MR) is 109 cm³/mol. The zero-order chi connectivity index (χ0) is 19.0. The number of thiazole rings is 1. The lowest BCUT2D eigenvalue weighted by molar-refractivity contribution is -0.384. The number of carbonyl (C=O) groups is 1. The number of carbonyl (C=O) groups excluding carboxylic acids is 1. The summed E-state index contributed by atoms with van der Waals surface area (Å²) in [7, 11) is 0. The van der Waals surface area contributed by atoms with Gasteiger partial charge in [0.1, 0.15) is 4.88 Å². The fourth-order valence-corrected chi connectivity index (χ4v) is 4.68. The van der Waals surface area contributed by atoms with Crippen molar-refractivity contribution in [3.8, 4) is 11.3 Å². The van der Waals surface area contributed by atoms with Gasteiger partial charge in [-0.3, -0.25) is 20.2 Å². The molecule has 0 saturated heterocycles. The highest BCUT2D eigenvalue weighted by atomic mass is 35.5. The van der Waals surface area contributed by atoms with Gasteiger partial charge in [0, 0.05) is 33.2 Å². The van der Waals surface area contributed by atoms with Crippen molar-refractivity contribution in [1.82, 2.24) is 4.98 Å². The summed E-state index contributed by atoms with van der Waals surface area (Å²) in [6.07, 6.45) is 0. The second-order valence-electron chi connectivity index (χ2n) is 5.54. The number of rotatable bonds is 4. The molecule has 6 nitrogen and oxygen atoms in total. The molecule has 0 radical (unpaired) electrons. The van der Waals surface area contributed by atoms with Gasteiger partial charge in [-0.05, 0) is 6.07 Å². The second-order valence-corrected chi connectivity index (χ2v) is 7.83. The standard InChI is InChI=1S/C18H10ClN3O3S2/c19-15-12-6-1-2-7-14(12)27-16(15)17(23)21-18-20-13(9-26-18)10-4-3-5-11(8-10)22(24)25/h1-9H,(H,20,21,23). The predicted octanol–water partition coefficient (Wildman–Crippen LogP) is 5.84. The maximum atomic E-state index is 12.6. The summed E-state index contributed by atoms with van der Waals surface area (Å²) in [5.41, 5.74) is 1.16. The quantitative estimate of drug-likeness (QED) is 0.335. The van der Waals surface area contributed by atoms with Crippen molar-refractivity contribution >= 4 is 61.1 Å². The van der Waals surface area contributed by atoms with E-state index in [0.717, 1.165) is 10.1 Å². The Morgan fingerprint density at radius 3 is 2.78 bits per heavy atom. The monoisotopic (exact) mass is 415 g/mol. The van der Waals surface area contributed by atoms with E-state index in [9.17, 15) is 14.9 Å². The summed E-state index contributed by atoms with van der Waals surface area (Å²) in [5, 5.41) is 17.1. The summed E-state index contributed by atoms with van der Waals surface area (Å²) in [5.74, 6) is -0.332. The average molecular weight is 416 g/mol. The van der Waals surface area contributed by atoms with E-state index in [1.165, 1.54) is 34.8 Å². The number of nitrogens with one attached hydrogen (secondary N) is 1. The summed E-state index contributed by atoms with van der Waals surface area (Å²) in [4.78, 5) is 27.8. The third kappa shape index (κ3) is 3.42. The molecule has 1 amide bonds. The first-order valence-electron chi connectivity index (χ1n) is 7.71. The highest BCUT2D eigenvalue weighted by Gasteiger charge is 2.18. The van der Waals surface area contributed by atoms with Crippen LogP contribution >= 0.6 is 34.3 Å². The molecule has 0 saturated carbocycles. The number of nitro benzene ring substituents is 1. The molecule has 0 aliphatic heterocycles. The van der Waals surface area contributed by atoms with Gasteiger partial charge in [-0.2, -0.15) is 0 Å². The Balaban J connectivity index is 1.59. The van der Waals surface area contributed by atoms with Crippen LogP contribution in [0.5, 0.6) is 0 Å². The van der Waals surface area contributed by atoms with Crippen molar-refractivity contribution in [3.63, 3.8) is 0 Å². The fraction of sp³-hybridized carbons (Fsp3) is 0. The Morgan fingerprint density at radius 2 is 2.00 bits per heavy atom. The number of hydrogen-bond donors (Lipinski definition) is 1. The minimum absolute atomic E-state index is 0.0110. The Bertz CT molecular complexity index is 1190. The van der Waals surface area contributed by atoms with Crippen LogP contribution in [0.25, 0.3) is 21.3 Å². The molecular weight excluding hydrogens is 406 g/mol. The lowest BCUT2D eigenvalue weighted by Crippen LogP contribution is -2.10. The van der Waals surface area contributed by atoms with E-state index in [-0.39, 0.29) is 11.6 Å². The average Bonchev–Trinajstić information content (AvgIpc) is 3.27. The molecule has 2 aromatic heterocycles. The first kappa shape index (κ1) is 17.6. The molecule has 0 unspecified atom stereocenters. The van der Waals surface area contributed by atoms with Crippen molar-refractivity contribution in [2.24, 2.45) is 0 Å². The van der Waals surface area contributed by atoms with Gasteiger partial charge in [0.15, 0.2) is 5.13 Å². The van der Waals surface area contributed by atoms with Gasteiger partial charge in [-0.25, -0.2) is 4.98 Å². The molecule has 9 heteroatoms. The van der Waals surface area contributed by atoms with Gasteiger partial charge in [-0.15, -0.1) is 22.7 Å². The topological polar surface area (TPSA) is 85.1 Å². The molecule has 0 aliphatic rings. The van der Waals surface area contributed by atoms with Gasteiger partial charge in [0.25, 0.3) is 11.6 Å². The van der Waals surface area contributed by atoms with E-state index in [2.05, 4.69) is 10.3 Å². The van der Waals surface area contributed by atoms with E-state index < -0.39 is 4.92 Å². The SMILES string of the molecule is O=C(Nc1nc(-c2cccc([N+](=O)[O-])c2)cs1)c1sc2ccccc2c1Cl. The lowest BCUT2D eigenvalue weighted by Gasteiger charge is -2.00. The van der Waals surface area contributed by atoms with Crippen molar-refractivity contribution in [2.75, 3.05) is 5.32 Å².